The van der Waals surface area contributed by atoms with E-state index in [0.717, 1.165) is 18.1 Å². The van der Waals surface area contributed by atoms with Crippen LogP contribution in [0.2, 0.25) is 0 Å². The third kappa shape index (κ3) is 2.67. The number of aromatic nitrogens is 3. The first kappa shape index (κ1) is 12.6. The molecular formula is C11H15N5OS. The van der Waals surface area contributed by atoms with E-state index in [4.69, 9.17) is 10.5 Å². The van der Waals surface area contributed by atoms with E-state index >= 15 is 0 Å². The largest absolute Gasteiger partial charge is 0.481 e. The molecule has 0 fully saturated rings. The van der Waals surface area contributed by atoms with Gasteiger partial charge in [-0.3, -0.25) is 0 Å². The van der Waals surface area contributed by atoms with Crippen LogP contribution in [-0.4, -0.2) is 29.1 Å². The van der Waals surface area contributed by atoms with Gasteiger partial charge >= 0.3 is 0 Å². The lowest BCUT2D eigenvalue weighted by molar-refractivity contribution is 0.397. The van der Waals surface area contributed by atoms with Crippen LogP contribution in [0.15, 0.2) is 11.6 Å². The summed E-state index contributed by atoms with van der Waals surface area (Å²) in [5.41, 5.74) is 8.52. The summed E-state index contributed by atoms with van der Waals surface area (Å²) in [7, 11) is 3.50. The van der Waals surface area contributed by atoms with Crippen LogP contribution < -0.4 is 15.4 Å². The quantitative estimate of drug-likeness (QED) is 0.902. The zero-order valence-corrected chi connectivity index (χ0v) is 11.4. The molecule has 0 spiro atoms. The van der Waals surface area contributed by atoms with Gasteiger partial charge in [0.15, 0.2) is 0 Å². The average Bonchev–Trinajstić information content (AvgIpc) is 2.74. The SMILES string of the molecule is COc1cc(N(C)Cc2scnc2C)nc(N)n1. The van der Waals surface area contributed by atoms with Crippen molar-refractivity contribution in [1.29, 1.82) is 0 Å². The van der Waals surface area contributed by atoms with Crippen molar-refractivity contribution in [2.45, 2.75) is 13.5 Å². The molecule has 0 unspecified atom stereocenters. The normalized spacial score (nSPS) is 10.4. The zero-order chi connectivity index (χ0) is 13.1. The molecule has 0 aliphatic rings. The van der Waals surface area contributed by atoms with E-state index in [9.17, 15) is 0 Å². The molecule has 2 heterocycles. The Hall–Kier alpha value is -1.89. The van der Waals surface area contributed by atoms with Gasteiger partial charge < -0.3 is 15.4 Å². The number of nitrogens with two attached hydrogens (primary N) is 1. The molecule has 0 amide bonds. The van der Waals surface area contributed by atoms with Crippen LogP contribution in [0.4, 0.5) is 11.8 Å². The van der Waals surface area contributed by atoms with Gasteiger partial charge in [0.2, 0.25) is 11.8 Å². The van der Waals surface area contributed by atoms with Crippen molar-refractivity contribution in [2.75, 3.05) is 24.8 Å². The predicted octanol–water partition coefficient (Wildman–Crippen LogP) is 1.47. The Morgan fingerprint density at radius 1 is 1.44 bits per heavy atom. The van der Waals surface area contributed by atoms with E-state index in [1.165, 1.54) is 4.88 Å². The van der Waals surface area contributed by atoms with Crippen LogP contribution in [0, 0.1) is 6.92 Å². The first-order chi connectivity index (χ1) is 8.60. The summed E-state index contributed by atoms with van der Waals surface area (Å²) < 4.78 is 5.08. The van der Waals surface area contributed by atoms with Crippen molar-refractivity contribution in [3.05, 3.63) is 22.1 Å². The molecule has 0 aliphatic heterocycles. The molecule has 2 N–H and O–H groups in total. The average molecular weight is 265 g/mol. The summed E-state index contributed by atoms with van der Waals surface area (Å²) in [5.74, 6) is 1.40. The van der Waals surface area contributed by atoms with E-state index in [-0.39, 0.29) is 5.95 Å². The maximum absolute atomic E-state index is 5.64. The van der Waals surface area contributed by atoms with E-state index in [1.54, 1.807) is 24.5 Å². The van der Waals surface area contributed by atoms with Gasteiger partial charge in [-0.1, -0.05) is 0 Å². The lowest BCUT2D eigenvalue weighted by atomic mass is 10.3. The van der Waals surface area contributed by atoms with E-state index in [2.05, 4.69) is 15.0 Å². The number of nitrogen functional groups attached to an aromatic ring is 1. The fraction of sp³-hybridized carbons (Fsp3) is 0.364. The lowest BCUT2D eigenvalue weighted by Gasteiger charge is -2.18. The Morgan fingerprint density at radius 2 is 2.22 bits per heavy atom. The van der Waals surface area contributed by atoms with Crippen molar-refractivity contribution in [3.8, 4) is 5.88 Å². The van der Waals surface area contributed by atoms with Crippen molar-refractivity contribution >= 4 is 23.1 Å². The van der Waals surface area contributed by atoms with E-state index in [1.807, 2.05) is 24.4 Å². The molecular weight excluding hydrogens is 250 g/mol. The summed E-state index contributed by atoms with van der Waals surface area (Å²) in [5, 5.41) is 0. The van der Waals surface area contributed by atoms with Gasteiger partial charge in [0.1, 0.15) is 5.82 Å². The predicted molar refractivity (Wildman–Crippen MR) is 72.0 cm³/mol. The molecule has 18 heavy (non-hydrogen) atoms. The van der Waals surface area contributed by atoms with Crippen LogP contribution >= 0.6 is 11.3 Å². The third-order valence-corrected chi connectivity index (χ3v) is 3.45. The standard InChI is InChI=1S/C11H15N5OS/c1-7-8(18-6-13-7)5-16(2)9-4-10(17-3)15-11(12)14-9/h4,6H,5H2,1-3H3,(H2,12,14,15). The maximum atomic E-state index is 5.64. The Kier molecular flexibility index (Phi) is 3.61. The number of ether oxygens (including phenoxy) is 1. The van der Waals surface area contributed by atoms with Gasteiger partial charge in [-0.2, -0.15) is 9.97 Å². The van der Waals surface area contributed by atoms with Gasteiger partial charge in [0.25, 0.3) is 0 Å². The van der Waals surface area contributed by atoms with Gasteiger partial charge in [0.05, 0.1) is 24.9 Å². The second-order valence-electron chi connectivity index (χ2n) is 3.84. The molecule has 2 rings (SSSR count). The van der Waals surface area contributed by atoms with Crippen molar-refractivity contribution in [1.82, 2.24) is 15.0 Å². The number of rotatable bonds is 4. The number of thiazole rings is 1. The second-order valence-corrected chi connectivity index (χ2v) is 4.78. The Bertz CT molecular complexity index is 542. The van der Waals surface area contributed by atoms with Crippen LogP contribution in [0.3, 0.4) is 0 Å². The van der Waals surface area contributed by atoms with Gasteiger partial charge in [-0.15, -0.1) is 11.3 Å². The molecule has 0 saturated heterocycles. The summed E-state index contributed by atoms with van der Waals surface area (Å²) in [6.07, 6.45) is 0. The van der Waals surface area contributed by atoms with Crippen molar-refractivity contribution < 1.29 is 4.74 Å². The molecule has 0 bridgehead atoms. The molecule has 0 aromatic carbocycles. The monoisotopic (exact) mass is 265 g/mol. The molecule has 0 atom stereocenters. The Labute approximate surface area is 109 Å². The highest BCUT2D eigenvalue weighted by atomic mass is 32.1. The Morgan fingerprint density at radius 3 is 2.83 bits per heavy atom. The molecule has 2 aromatic rings. The van der Waals surface area contributed by atoms with Gasteiger partial charge in [-0.05, 0) is 6.92 Å². The number of methoxy groups -OCH3 is 1. The molecule has 6 nitrogen and oxygen atoms in total. The highest BCUT2D eigenvalue weighted by Crippen LogP contribution is 2.21. The third-order valence-electron chi connectivity index (χ3n) is 2.53. The van der Waals surface area contributed by atoms with Crippen molar-refractivity contribution in [2.24, 2.45) is 0 Å². The first-order valence-corrected chi connectivity index (χ1v) is 6.26. The molecule has 96 valence electrons. The molecule has 0 radical (unpaired) electrons. The molecule has 0 aliphatic carbocycles. The van der Waals surface area contributed by atoms with Crippen LogP contribution in [0.1, 0.15) is 10.6 Å². The number of hydrogen-bond donors (Lipinski definition) is 1. The van der Waals surface area contributed by atoms with Crippen LogP contribution in [0.5, 0.6) is 5.88 Å². The topological polar surface area (TPSA) is 77.2 Å². The van der Waals surface area contributed by atoms with Crippen LogP contribution in [-0.2, 0) is 6.54 Å². The maximum Gasteiger partial charge on any atom is 0.225 e. The summed E-state index contributed by atoms with van der Waals surface area (Å²) in [6.45, 7) is 2.73. The molecule has 2 aromatic heterocycles. The lowest BCUT2D eigenvalue weighted by Crippen LogP contribution is -2.18. The van der Waals surface area contributed by atoms with Gasteiger partial charge in [-0.25, -0.2) is 4.98 Å². The van der Waals surface area contributed by atoms with Crippen LogP contribution in [0.25, 0.3) is 0 Å². The summed E-state index contributed by atoms with van der Waals surface area (Å²) in [6, 6.07) is 1.76. The zero-order valence-electron chi connectivity index (χ0n) is 10.5. The number of nitrogens with zero attached hydrogens (tertiary/aromatic N) is 4. The number of aryl methyl sites for hydroxylation is 1. The fourth-order valence-corrected chi connectivity index (χ4v) is 2.33. The minimum absolute atomic E-state index is 0.206. The number of hydrogen-bond acceptors (Lipinski definition) is 7. The minimum atomic E-state index is 0.206. The first-order valence-electron chi connectivity index (χ1n) is 5.39. The van der Waals surface area contributed by atoms with E-state index in [0.29, 0.717) is 5.88 Å². The van der Waals surface area contributed by atoms with Crippen molar-refractivity contribution in [3.63, 3.8) is 0 Å². The minimum Gasteiger partial charge on any atom is -0.481 e. The second kappa shape index (κ2) is 5.18. The smallest absolute Gasteiger partial charge is 0.225 e. The number of anilines is 2. The highest BCUT2D eigenvalue weighted by Gasteiger charge is 2.10. The highest BCUT2D eigenvalue weighted by molar-refractivity contribution is 7.09. The Balaban J connectivity index is 2.20. The van der Waals surface area contributed by atoms with Gasteiger partial charge in [0, 0.05) is 18.0 Å². The molecule has 7 heteroatoms. The molecule has 0 saturated carbocycles. The van der Waals surface area contributed by atoms with E-state index < -0.39 is 0 Å². The fourth-order valence-electron chi connectivity index (χ4n) is 1.50. The summed E-state index contributed by atoms with van der Waals surface area (Å²) >= 11 is 1.63. The summed E-state index contributed by atoms with van der Waals surface area (Å²) in [4.78, 5) is 15.6.